The topological polar surface area (TPSA) is 98.5 Å². The van der Waals surface area contributed by atoms with Gasteiger partial charge < -0.3 is 4.90 Å². The van der Waals surface area contributed by atoms with Crippen molar-refractivity contribution in [2.45, 2.75) is 31.6 Å². The van der Waals surface area contributed by atoms with Gasteiger partial charge in [0.25, 0.3) is 5.56 Å². The second kappa shape index (κ2) is 6.31. The number of amides is 1. The molecule has 1 amide bonds. The van der Waals surface area contributed by atoms with Crippen LogP contribution in [0.5, 0.6) is 0 Å². The van der Waals surface area contributed by atoms with Crippen molar-refractivity contribution in [3.8, 4) is 0 Å². The summed E-state index contributed by atoms with van der Waals surface area (Å²) >= 11 is 0. The summed E-state index contributed by atoms with van der Waals surface area (Å²) < 4.78 is 26.5. The van der Waals surface area contributed by atoms with Gasteiger partial charge in [-0.3, -0.25) is 18.7 Å². The first-order valence-corrected chi connectivity index (χ1v) is 9.24. The monoisotopic (exact) mass is 343 g/mol. The van der Waals surface area contributed by atoms with E-state index in [1.165, 1.54) is 14.1 Å². The van der Waals surface area contributed by atoms with Gasteiger partial charge in [0.05, 0.1) is 5.75 Å². The number of hydrogen-bond acceptors (Lipinski definition) is 5. The lowest BCUT2D eigenvalue weighted by Gasteiger charge is -2.20. The molecule has 1 aromatic heterocycles. The third-order valence-corrected chi connectivity index (χ3v) is 5.41. The van der Waals surface area contributed by atoms with Crippen LogP contribution in [-0.2, 0) is 34.5 Å². The van der Waals surface area contributed by atoms with Gasteiger partial charge in [0.1, 0.15) is 5.75 Å². The SMILES string of the molecule is CCN(C(=O)CS(=O)(=O)Cc1cc(=O)n(C)c(=O)n1C)C1CC1. The highest BCUT2D eigenvalue weighted by Crippen LogP contribution is 2.26. The van der Waals surface area contributed by atoms with Gasteiger partial charge in [-0.25, -0.2) is 13.2 Å². The normalized spacial score (nSPS) is 14.7. The Kier molecular flexibility index (Phi) is 4.79. The Morgan fingerprint density at radius 1 is 1.26 bits per heavy atom. The van der Waals surface area contributed by atoms with Gasteiger partial charge in [0, 0.05) is 38.4 Å². The highest BCUT2D eigenvalue weighted by Gasteiger charge is 2.33. The molecule has 0 saturated heterocycles. The first-order valence-electron chi connectivity index (χ1n) is 7.42. The predicted molar refractivity (Wildman–Crippen MR) is 84.8 cm³/mol. The molecule has 1 aromatic rings. The average molecular weight is 343 g/mol. The highest BCUT2D eigenvalue weighted by molar-refractivity contribution is 7.91. The van der Waals surface area contributed by atoms with Crippen molar-refractivity contribution < 1.29 is 13.2 Å². The molecule has 0 atom stereocenters. The minimum atomic E-state index is -3.76. The minimum absolute atomic E-state index is 0.0837. The second-order valence-corrected chi connectivity index (χ2v) is 7.88. The van der Waals surface area contributed by atoms with Crippen LogP contribution in [0.1, 0.15) is 25.5 Å². The number of carbonyl (C=O) groups excluding carboxylic acids is 1. The first-order chi connectivity index (χ1) is 10.7. The van der Waals surface area contributed by atoms with Crippen molar-refractivity contribution in [2.75, 3.05) is 12.3 Å². The Labute approximate surface area is 134 Å². The van der Waals surface area contributed by atoms with Crippen molar-refractivity contribution in [3.63, 3.8) is 0 Å². The zero-order valence-electron chi connectivity index (χ0n) is 13.5. The molecule has 0 spiro atoms. The fourth-order valence-electron chi connectivity index (χ4n) is 2.49. The molecule has 0 unspecified atom stereocenters. The van der Waals surface area contributed by atoms with Gasteiger partial charge in [0.2, 0.25) is 5.91 Å². The van der Waals surface area contributed by atoms with E-state index in [4.69, 9.17) is 0 Å². The Bertz CT molecular complexity index is 833. The van der Waals surface area contributed by atoms with Gasteiger partial charge >= 0.3 is 5.69 Å². The molecule has 2 rings (SSSR count). The summed E-state index contributed by atoms with van der Waals surface area (Å²) in [6.45, 7) is 2.29. The molecule has 9 heteroatoms. The molecule has 1 saturated carbocycles. The Balaban J connectivity index is 2.20. The number of carbonyl (C=O) groups is 1. The van der Waals surface area contributed by atoms with Crippen molar-refractivity contribution in [3.05, 3.63) is 32.6 Å². The summed E-state index contributed by atoms with van der Waals surface area (Å²) in [5.41, 5.74) is -1.08. The molecule has 1 heterocycles. The fraction of sp³-hybridized carbons (Fsp3) is 0.643. The van der Waals surface area contributed by atoms with E-state index in [1.54, 1.807) is 4.90 Å². The summed E-state index contributed by atoms with van der Waals surface area (Å²) in [5.74, 6) is -1.55. The molecule has 1 aliphatic carbocycles. The Morgan fingerprint density at radius 3 is 2.39 bits per heavy atom. The maximum atomic E-state index is 12.3. The van der Waals surface area contributed by atoms with Gasteiger partial charge in [-0.1, -0.05) is 0 Å². The summed E-state index contributed by atoms with van der Waals surface area (Å²) in [6, 6.07) is 1.26. The van der Waals surface area contributed by atoms with Crippen LogP contribution in [0.15, 0.2) is 15.7 Å². The lowest BCUT2D eigenvalue weighted by molar-refractivity contribution is -0.128. The lowest BCUT2D eigenvalue weighted by atomic mass is 10.4. The number of sulfone groups is 1. The van der Waals surface area contributed by atoms with Gasteiger partial charge in [-0.05, 0) is 19.8 Å². The van der Waals surface area contributed by atoms with Crippen LogP contribution in [0.3, 0.4) is 0 Å². The van der Waals surface area contributed by atoms with Crippen molar-refractivity contribution in [1.29, 1.82) is 0 Å². The summed E-state index contributed by atoms with van der Waals surface area (Å²) in [4.78, 5) is 37.2. The maximum absolute atomic E-state index is 12.3. The van der Waals surface area contributed by atoms with Crippen LogP contribution in [0.4, 0.5) is 0 Å². The van der Waals surface area contributed by atoms with Crippen molar-refractivity contribution >= 4 is 15.7 Å². The zero-order chi connectivity index (χ0) is 17.4. The molecule has 1 aliphatic rings. The summed E-state index contributed by atoms with van der Waals surface area (Å²) in [6.07, 6.45) is 1.81. The molecular weight excluding hydrogens is 322 g/mol. The van der Waals surface area contributed by atoms with Gasteiger partial charge in [0.15, 0.2) is 9.84 Å². The molecule has 0 aliphatic heterocycles. The van der Waals surface area contributed by atoms with Crippen LogP contribution >= 0.6 is 0 Å². The van der Waals surface area contributed by atoms with Gasteiger partial charge in [-0.15, -0.1) is 0 Å². The third-order valence-electron chi connectivity index (χ3n) is 3.99. The van der Waals surface area contributed by atoms with Crippen molar-refractivity contribution in [1.82, 2.24) is 14.0 Å². The number of aromatic nitrogens is 2. The molecule has 8 nitrogen and oxygen atoms in total. The Hall–Kier alpha value is -1.90. The molecular formula is C14H21N3O5S. The molecule has 0 aromatic carbocycles. The zero-order valence-corrected chi connectivity index (χ0v) is 14.3. The molecule has 1 fully saturated rings. The first kappa shape index (κ1) is 17.5. The van der Waals surface area contributed by atoms with E-state index in [0.29, 0.717) is 6.54 Å². The molecule has 0 radical (unpaired) electrons. The van der Waals surface area contributed by atoms with Crippen LogP contribution < -0.4 is 11.2 Å². The number of hydrogen-bond donors (Lipinski definition) is 0. The fourth-order valence-corrected chi connectivity index (χ4v) is 3.86. The van der Waals surface area contributed by atoms with E-state index in [2.05, 4.69) is 0 Å². The van der Waals surface area contributed by atoms with Crippen LogP contribution in [0.25, 0.3) is 0 Å². The predicted octanol–water partition coefficient (Wildman–Crippen LogP) is -0.990. The van der Waals surface area contributed by atoms with E-state index in [0.717, 1.165) is 28.0 Å². The third kappa shape index (κ3) is 3.90. The quantitative estimate of drug-likeness (QED) is 0.660. The van der Waals surface area contributed by atoms with Crippen molar-refractivity contribution in [2.24, 2.45) is 14.1 Å². The molecule has 128 valence electrons. The average Bonchev–Trinajstić information content (AvgIpc) is 3.27. The second-order valence-electron chi connectivity index (χ2n) is 5.82. The van der Waals surface area contributed by atoms with Crippen LogP contribution in [0, 0.1) is 0 Å². The van der Waals surface area contributed by atoms with E-state index < -0.39 is 38.5 Å². The molecule has 0 N–H and O–H groups in total. The standard InChI is InChI=1S/C14H21N3O5S/c1-4-17(10-5-6-10)13(19)9-23(21,22)8-11-7-12(18)16(3)14(20)15(11)2/h7,10H,4-6,8-9H2,1-3H3. The molecule has 0 bridgehead atoms. The summed E-state index contributed by atoms with van der Waals surface area (Å²) in [7, 11) is -1.04. The van der Waals surface area contributed by atoms with E-state index in [9.17, 15) is 22.8 Å². The van der Waals surface area contributed by atoms with Crippen LogP contribution in [0.2, 0.25) is 0 Å². The summed E-state index contributed by atoms with van der Waals surface area (Å²) in [5, 5.41) is 0. The Morgan fingerprint density at radius 2 is 1.87 bits per heavy atom. The molecule has 23 heavy (non-hydrogen) atoms. The van der Waals surface area contributed by atoms with E-state index in [-0.39, 0.29) is 11.7 Å². The van der Waals surface area contributed by atoms with E-state index in [1.807, 2.05) is 6.92 Å². The van der Waals surface area contributed by atoms with Crippen LogP contribution in [-0.4, -0.2) is 46.7 Å². The van der Waals surface area contributed by atoms with Gasteiger partial charge in [-0.2, -0.15) is 0 Å². The minimum Gasteiger partial charge on any atom is -0.339 e. The van der Waals surface area contributed by atoms with E-state index >= 15 is 0 Å². The maximum Gasteiger partial charge on any atom is 0.330 e. The number of nitrogens with zero attached hydrogens (tertiary/aromatic N) is 3. The largest absolute Gasteiger partial charge is 0.339 e. The number of rotatable bonds is 6. The highest BCUT2D eigenvalue weighted by atomic mass is 32.2. The lowest BCUT2D eigenvalue weighted by Crippen LogP contribution is -2.40. The smallest absolute Gasteiger partial charge is 0.330 e.